The number of sulfone groups is 1. The zero-order valence-electron chi connectivity index (χ0n) is 7.73. The number of benzene rings is 1. The molecule has 0 saturated carbocycles. The van der Waals surface area contributed by atoms with Crippen LogP contribution in [-0.4, -0.2) is 15.5 Å². The second-order valence-electron chi connectivity index (χ2n) is 2.62. The van der Waals surface area contributed by atoms with Gasteiger partial charge in [-0.2, -0.15) is 0 Å². The molecule has 0 aliphatic heterocycles. The number of nitrogens with two attached hydrogens (primary N) is 1. The first kappa shape index (κ1) is 10.6. The molecule has 76 valence electrons. The van der Waals surface area contributed by atoms with Gasteiger partial charge in [-0.05, 0) is 12.1 Å². The van der Waals surface area contributed by atoms with Gasteiger partial charge < -0.3 is 10.5 Å². The average Bonchev–Trinajstić information content (AvgIpc) is 2.18. The van der Waals surface area contributed by atoms with E-state index in [2.05, 4.69) is 6.58 Å². The summed E-state index contributed by atoms with van der Waals surface area (Å²) in [5, 5.41) is 0.859. The van der Waals surface area contributed by atoms with Crippen molar-refractivity contribution in [2.24, 2.45) is 0 Å². The van der Waals surface area contributed by atoms with Crippen molar-refractivity contribution in [3.63, 3.8) is 0 Å². The van der Waals surface area contributed by atoms with Crippen LogP contribution in [0.3, 0.4) is 0 Å². The minimum Gasteiger partial charge on any atom is -0.497 e. The van der Waals surface area contributed by atoms with Crippen molar-refractivity contribution in [1.82, 2.24) is 0 Å². The maximum absolute atomic E-state index is 11.4. The van der Waals surface area contributed by atoms with Gasteiger partial charge >= 0.3 is 0 Å². The monoisotopic (exact) mass is 213 g/mol. The van der Waals surface area contributed by atoms with Gasteiger partial charge in [-0.3, -0.25) is 0 Å². The lowest BCUT2D eigenvalue weighted by atomic mass is 10.3. The van der Waals surface area contributed by atoms with E-state index in [4.69, 9.17) is 10.5 Å². The fourth-order valence-electron chi connectivity index (χ4n) is 0.978. The van der Waals surface area contributed by atoms with Crippen LogP contribution in [-0.2, 0) is 9.84 Å². The summed E-state index contributed by atoms with van der Waals surface area (Å²) >= 11 is 0. The molecule has 0 bridgehead atoms. The highest BCUT2D eigenvalue weighted by atomic mass is 32.2. The summed E-state index contributed by atoms with van der Waals surface area (Å²) in [6.07, 6.45) is 0. The van der Waals surface area contributed by atoms with E-state index in [9.17, 15) is 8.42 Å². The highest BCUT2D eigenvalue weighted by Gasteiger charge is 2.14. The number of rotatable bonds is 3. The molecule has 0 saturated heterocycles. The van der Waals surface area contributed by atoms with Gasteiger partial charge in [0, 0.05) is 11.5 Å². The molecule has 0 amide bonds. The maximum Gasteiger partial charge on any atom is 0.201 e. The Morgan fingerprint density at radius 2 is 2.14 bits per heavy atom. The van der Waals surface area contributed by atoms with E-state index in [1.165, 1.54) is 19.2 Å². The van der Waals surface area contributed by atoms with Crippen molar-refractivity contribution in [3.05, 3.63) is 30.2 Å². The Balaban J connectivity index is 3.40. The molecule has 5 heteroatoms. The summed E-state index contributed by atoms with van der Waals surface area (Å²) in [5.41, 5.74) is 5.71. The molecule has 0 aromatic heterocycles. The van der Waals surface area contributed by atoms with Crippen molar-refractivity contribution in [2.45, 2.75) is 4.90 Å². The minimum absolute atomic E-state index is 0.0202. The molecule has 0 radical (unpaired) electrons. The third-order valence-electron chi connectivity index (χ3n) is 1.75. The molecule has 14 heavy (non-hydrogen) atoms. The topological polar surface area (TPSA) is 69.4 Å². The van der Waals surface area contributed by atoms with E-state index in [0.29, 0.717) is 5.75 Å². The average molecular weight is 213 g/mol. The summed E-state index contributed by atoms with van der Waals surface area (Å²) in [4.78, 5) is 0.0202. The Hall–Kier alpha value is -1.49. The third-order valence-corrected chi connectivity index (χ3v) is 3.15. The molecule has 0 fully saturated rings. The second kappa shape index (κ2) is 3.71. The van der Waals surface area contributed by atoms with E-state index >= 15 is 0 Å². The Morgan fingerprint density at radius 3 is 2.64 bits per heavy atom. The van der Waals surface area contributed by atoms with Crippen LogP contribution in [0.1, 0.15) is 0 Å². The van der Waals surface area contributed by atoms with Gasteiger partial charge in [-0.15, -0.1) is 0 Å². The third kappa shape index (κ3) is 1.88. The predicted molar refractivity (Wildman–Crippen MR) is 54.8 cm³/mol. The summed E-state index contributed by atoms with van der Waals surface area (Å²) < 4.78 is 27.8. The zero-order valence-corrected chi connectivity index (χ0v) is 8.54. The van der Waals surface area contributed by atoms with Gasteiger partial charge in [0.25, 0.3) is 0 Å². The van der Waals surface area contributed by atoms with E-state index in [1.54, 1.807) is 6.07 Å². The van der Waals surface area contributed by atoms with Gasteiger partial charge in [-0.25, -0.2) is 8.42 Å². The molecule has 0 unspecified atom stereocenters. The van der Waals surface area contributed by atoms with Gasteiger partial charge in [0.15, 0.2) is 0 Å². The van der Waals surface area contributed by atoms with Gasteiger partial charge in [-0.1, -0.05) is 6.58 Å². The van der Waals surface area contributed by atoms with Crippen LogP contribution in [0.4, 0.5) is 5.69 Å². The quantitative estimate of drug-likeness (QED) is 0.766. The molecule has 4 nitrogen and oxygen atoms in total. The fourth-order valence-corrected chi connectivity index (χ4v) is 1.83. The van der Waals surface area contributed by atoms with Crippen molar-refractivity contribution >= 4 is 15.5 Å². The maximum atomic E-state index is 11.4. The standard InChI is InChI=1S/C9H11NO3S/c1-3-14(11,12)9-6-7(13-2)4-5-8(9)10/h3-6H,1,10H2,2H3. The lowest BCUT2D eigenvalue weighted by Crippen LogP contribution is -2.01. The molecule has 0 aliphatic carbocycles. The van der Waals surface area contributed by atoms with Gasteiger partial charge in [0.2, 0.25) is 9.84 Å². The first-order valence-corrected chi connectivity index (χ1v) is 5.37. The Labute approximate surface area is 82.9 Å². The molecule has 0 heterocycles. The minimum atomic E-state index is -3.50. The van der Waals surface area contributed by atoms with Crippen LogP contribution in [0.15, 0.2) is 35.1 Å². The number of nitrogen functional groups attached to an aromatic ring is 1. The largest absolute Gasteiger partial charge is 0.497 e. The van der Waals surface area contributed by atoms with Crippen molar-refractivity contribution < 1.29 is 13.2 Å². The summed E-state index contributed by atoms with van der Waals surface area (Å²) in [6, 6.07) is 4.44. The van der Waals surface area contributed by atoms with E-state index in [1.807, 2.05) is 0 Å². The molecular formula is C9H11NO3S. The van der Waals surface area contributed by atoms with Crippen LogP contribution >= 0.6 is 0 Å². The molecule has 1 aromatic carbocycles. The Morgan fingerprint density at radius 1 is 1.50 bits per heavy atom. The van der Waals surface area contributed by atoms with E-state index < -0.39 is 9.84 Å². The second-order valence-corrected chi connectivity index (χ2v) is 4.48. The van der Waals surface area contributed by atoms with Crippen molar-refractivity contribution in [1.29, 1.82) is 0 Å². The molecule has 2 N–H and O–H groups in total. The lowest BCUT2D eigenvalue weighted by Gasteiger charge is -2.05. The SMILES string of the molecule is C=CS(=O)(=O)c1cc(OC)ccc1N. The first-order valence-electron chi connectivity index (χ1n) is 3.82. The smallest absolute Gasteiger partial charge is 0.201 e. The summed E-state index contributed by atoms with van der Waals surface area (Å²) in [7, 11) is -2.05. The summed E-state index contributed by atoms with van der Waals surface area (Å²) in [5.74, 6) is 0.444. The van der Waals surface area contributed by atoms with E-state index in [-0.39, 0.29) is 10.6 Å². The normalized spacial score (nSPS) is 10.9. The van der Waals surface area contributed by atoms with E-state index in [0.717, 1.165) is 5.41 Å². The Bertz CT molecular complexity index is 451. The van der Waals surface area contributed by atoms with Crippen LogP contribution in [0.25, 0.3) is 0 Å². The zero-order chi connectivity index (χ0) is 10.8. The molecule has 0 atom stereocenters. The number of hydrogen-bond donors (Lipinski definition) is 1. The Kier molecular flexibility index (Phi) is 2.81. The molecule has 1 aromatic rings. The van der Waals surface area contributed by atoms with Gasteiger partial charge in [0.05, 0.1) is 17.7 Å². The number of hydrogen-bond acceptors (Lipinski definition) is 4. The van der Waals surface area contributed by atoms with Crippen LogP contribution in [0, 0.1) is 0 Å². The van der Waals surface area contributed by atoms with Crippen LogP contribution < -0.4 is 10.5 Å². The number of methoxy groups -OCH3 is 1. The van der Waals surface area contributed by atoms with Crippen LogP contribution in [0.5, 0.6) is 5.75 Å². The summed E-state index contributed by atoms with van der Waals surface area (Å²) in [6.45, 7) is 3.22. The predicted octanol–water partition coefficient (Wildman–Crippen LogP) is 1.19. The molecule has 0 aliphatic rings. The van der Waals surface area contributed by atoms with Crippen molar-refractivity contribution in [2.75, 3.05) is 12.8 Å². The highest BCUT2D eigenvalue weighted by molar-refractivity contribution is 7.94. The number of ether oxygens (including phenoxy) is 1. The molecule has 1 rings (SSSR count). The molecule has 0 spiro atoms. The van der Waals surface area contributed by atoms with Crippen molar-refractivity contribution in [3.8, 4) is 5.75 Å². The van der Waals surface area contributed by atoms with Crippen LogP contribution in [0.2, 0.25) is 0 Å². The first-order chi connectivity index (χ1) is 6.51. The fraction of sp³-hybridized carbons (Fsp3) is 0.111. The molecular weight excluding hydrogens is 202 g/mol. The number of anilines is 1. The highest BCUT2D eigenvalue weighted by Crippen LogP contribution is 2.25. The van der Waals surface area contributed by atoms with Gasteiger partial charge in [0.1, 0.15) is 5.75 Å². The lowest BCUT2D eigenvalue weighted by molar-refractivity contribution is 0.413.